The van der Waals surface area contributed by atoms with Crippen LogP contribution in [0.2, 0.25) is 0 Å². The van der Waals surface area contributed by atoms with Gasteiger partial charge in [-0.2, -0.15) is 0 Å². The summed E-state index contributed by atoms with van der Waals surface area (Å²) in [5.74, 6) is -0.572. The first-order valence-corrected chi connectivity index (χ1v) is 8.91. The zero-order valence-electron chi connectivity index (χ0n) is 14.3. The molecule has 0 aromatic heterocycles. The van der Waals surface area contributed by atoms with Crippen molar-refractivity contribution in [2.24, 2.45) is 0 Å². The lowest BCUT2D eigenvalue weighted by molar-refractivity contribution is 0.103. The minimum Gasteiger partial charge on any atom is -0.289 e. The standard InChI is InChI=1S/C22H12Cl2O4/c23-21(27)15-8-4-13(5-9-15)19(25)17-2-1-3-18(12-17)20(26)14-6-10-16(11-7-14)22(24)28/h1-12H. The molecule has 0 bridgehead atoms. The van der Waals surface area contributed by atoms with Crippen molar-refractivity contribution < 1.29 is 19.2 Å². The van der Waals surface area contributed by atoms with E-state index in [9.17, 15) is 19.2 Å². The Labute approximate surface area is 170 Å². The molecule has 0 aliphatic heterocycles. The van der Waals surface area contributed by atoms with Gasteiger partial charge in [0.05, 0.1) is 0 Å². The Kier molecular flexibility index (Phi) is 5.83. The van der Waals surface area contributed by atoms with Gasteiger partial charge in [0.15, 0.2) is 11.6 Å². The monoisotopic (exact) mass is 410 g/mol. The molecule has 0 N–H and O–H groups in total. The lowest BCUT2D eigenvalue weighted by Crippen LogP contribution is -2.06. The predicted molar refractivity (Wildman–Crippen MR) is 107 cm³/mol. The topological polar surface area (TPSA) is 68.3 Å². The van der Waals surface area contributed by atoms with E-state index in [1.807, 2.05) is 0 Å². The van der Waals surface area contributed by atoms with Crippen molar-refractivity contribution in [3.8, 4) is 0 Å². The second kappa shape index (κ2) is 8.30. The third kappa shape index (κ3) is 4.25. The second-order valence-electron chi connectivity index (χ2n) is 5.94. The molecule has 28 heavy (non-hydrogen) atoms. The molecule has 4 nitrogen and oxygen atoms in total. The molecule has 0 amide bonds. The summed E-state index contributed by atoms with van der Waals surface area (Å²) in [5, 5.41) is -1.21. The molecule has 0 fully saturated rings. The average Bonchev–Trinajstić information content (AvgIpc) is 2.73. The highest BCUT2D eigenvalue weighted by molar-refractivity contribution is 6.68. The first-order valence-electron chi connectivity index (χ1n) is 8.16. The number of halogens is 2. The highest BCUT2D eigenvalue weighted by Crippen LogP contribution is 2.17. The van der Waals surface area contributed by atoms with Gasteiger partial charge in [0.2, 0.25) is 0 Å². The molecule has 3 aromatic carbocycles. The highest BCUT2D eigenvalue weighted by Gasteiger charge is 2.15. The fourth-order valence-corrected chi connectivity index (χ4v) is 2.89. The van der Waals surface area contributed by atoms with Gasteiger partial charge in [-0.05, 0) is 53.5 Å². The van der Waals surface area contributed by atoms with E-state index in [0.717, 1.165) is 0 Å². The van der Waals surface area contributed by atoms with Crippen molar-refractivity contribution in [3.63, 3.8) is 0 Å². The average molecular weight is 411 g/mol. The third-order valence-electron chi connectivity index (χ3n) is 4.14. The van der Waals surface area contributed by atoms with Crippen molar-refractivity contribution in [1.82, 2.24) is 0 Å². The molecule has 0 aliphatic carbocycles. The van der Waals surface area contributed by atoms with Crippen LogP contribution in [0.15, 0.2) is 72.8 Å². The van der Waals surface area contributed by atoms with Crippen LogP contribution in [0.5, 0.6) is 0 Å². The summed E-state index contributed by atoms with van der Waals surface area (Å²) in [7, 11) is 0. The summed E-state index contributed by atoms with van der Waals surface area (Å²) in [4.78, 5) is 47.6. The Balaban J connectivity index is 1.86. The fourth-order valence-electron chi connectivity index (χ4n) is 2.64. The maximum atomic E-state index is 12.7. The van der Waals surface area contributed by atoms with Crippen molar-refractivity contribution >= 4 is 45.3 Å². The van der Waals surface area contributed by atoms with Crippen LogP contribution in [0.1, 0.15) is 52.6 Å². The van der Waals surface area contributed by atoms with Gasteiger partial charge in [-0.3, -0.25) is 19.2 Å². The number of carbonyl (C=O) groups is 4. The van der Waals surface area contributed by atoms with E-state index in [-0.39, 0.29) is 11.6 Å². The van der Waals surface area contributed by atoms with Gasteiger partial charge in [-0.15, -0.1) is 0 Å². The zero-order valence-corrected chi connectivity index (χ0v) is 15.8. The Morgan fingerprint density at radius 2 is 0.786 bits per heavy atom. The van der Waals surface area contributed by atoms with Crippen molar-refractivity contribution in [3.05, 3.63) is 106 Å². The normalized spacial score (nSPS) is 10.4. The number of hydrogen-bond acceptors (Lipinski definition) is 4. The molecule has 0 atom stereocenters. The van der Waals surface area contributed by atoms with E-state index in [1.165, 1.54) is 54.6 Å². The molecular weight excluding hydrogens is 399 g/mol. The van der Waals surface area contributed by atoms with Gasteiger partial charge >= 0.3 is 0 Å². The highest BCUT2D eigenvalue weighted by atomic mass is 35.5. The molecule has 3 rings (SSSR count). The van der Waals surface area contributed by atoms with Gasteiger partial charge in [0.1, 0.15) is 0 Å². The Bertz CT molecular complexity index is 1000. The maximum Gasteiger partial charge on any atom is 0.252 e. The van der Waals surface area contributed by atoms with E-state index < -0.39 is 10.5 Å². The number of ketones is 2. The molecule has 0 unspecified atom stereocenters. The summed E-state index contributed by atoms with van der Waals surface area (Å²) in [5.41, 5.74) is 2.00. The summed E-state index contributed by atoms with van der Waals surface area (Å²) in [6, 6.07) is 18.2. The van der Waals surface area contributed by atoms with Crippen LogP contribution in [0.4, 0.5) is 0 Å². The van der Waals surface area contributed by atoms with Gasteiger partial charge in [0.25, 0.3) is 10.5 Å². The summed E-state index contributed by atoms with van der Waals surface area (Å²) in [6.45, 7) is 0. The largest absolute Gasteiger partial charge is 0.289 e. The molecule has 6 heteroatoms. The van der Waals surface area contributed by atoms with E-state index >= 15 is 0 Å². The van der Waals surface area contributed by atoms with E-state index in [2.05, 4.69) is 0 Å². The molecule has 0 spiro atoms. The smallest absolute Gasteiger partial charge is 0.252 e. The summed E-state index contributed by atoms with van der Waals surface area (Å²) >= 11 is 10.8. The molecule has 138 valence electrons. The van der Waals surface area contributed by atoms with Crippen LogP contribution in [0.25, 0.3) is 0 Å². The van der Waals surface area contributed by atoms with E-state index in [1.54, 1.807) is 18.2 Å². The van der Waals surface area contributed by atoms with Gasteiger partial charge in [0, 0.05) is 33.4 Å². The molecule has 0 saturated heterocycles. The number of carbonyl (C=O) groups excluding carboxylic acids is 4. The van der Waals surface area contributed by atoms with Gasteiger partial charge < -0.3 is 0 Å². The van der Waals surface area contributed by atoms with Crippen molar-refractivity contribution in [2.75, 3.05) is 0 Å². The molecule has 0 aliphatic rings. The SMILES string of the molecule is O=C(Cl)c1ccc(C(=O)c2cccc(C(=O)c3ccc(C(=O)Cl)cc3)c2)cc1. The van der Waals surface area contributed by atoms with Crippen LogP contribution < -0.4 is 0 Å². The fraction of sp³-hybridized carbons (Fsp3) is 0. The minimum atomic E-state index is -0.603. The molecule has 0 heterocycles. The predicted octanol–water partition coefficient (Wildman–Crippen LogP) is 4.91. The number of hydrogen-bond donors (Lipinski definition) is 0. The second-order valence-corrected chi connectivity index (χ2v) is 6.63. The summed E-state index contributed by atoms with van der Waals surface area (Å²) in [6.07, 6.45) is 0. The Morgan fingerprint density at radius 3 is 1.11 bits per heavy atom. The lowest BCUT2D eigenvalue weighted by Gasteiger charge is -2.06. The van der Waals surface area contributed by atoms with Crippen LogP contribution in [-0.2, 0) is 0 Å². The maximum absolute atomic E-state index is 12.7. The number of benzene rings is 3. The van der Waals surface area contributed by atoms with E-state index in [0.29, 0.717) is 33.4 Å². The number of rotatable bonds is 6. The van der Waals surface area contributed by atoms with Crippen molar-refractivity contribution in [1.29, 1.82) is 0 Å². The molecular formula is C22H12Cl2O4. The third-order valence-corrected chi connectivity index (χ3v) is 4.57. The van der Waals surface area contributed by atoms with Crippen molar-refractivity contribution in [2.45, 2.75) is 0 Å². The molecule has 0 radical (unpaired) electrons. The van der Waals surface area contributed by atoms with Crippen LogP contribution in [0.3, 0.4) is 0 Å². The Hall–Kier alpha value is -3.08. The molecule has 3 aromatic rings. The Morgan fingerprint density at radius 1 is 0.464 bits per heavy atom. The minimum absolute atomic E-state index is 0.286. The summed E-state index contributed by atoms with van der Waals surface area (Å²) < 4.78 is 0. The van der Waals surface area contributed by atoms with Gasteiger partial charge in [-0.1, -0.05) is 42.5 Å². The first kappa shape index (κ1) is 19.7. The van der Waals surface area contributed by atoms with E-state index in [4.69, 9.17) is 23.2 Å². The first-order chi connectivity index (χ1) is 13.4. The molecule has 0 saturated carbocycles. The quantitative estimate of drug-likeness (QED) is 0.427. The lowest BCUT2D eigenvalue weighted by atomic mass is 9.97. The van der Waals surface area contributed by atoms with Gasteiger partial charge in [-0.25, -0.2) is 0 Å². The van der Waals surface area contributed by atoms with Crippen LogP contribution >= 0.6 is 23.2 Å². The zero-order chi connectivity index (χ0) is 20.3. The van der Waals surface area contributed by atoms with Crippen LogP contribution in [-0.4, -0.2) is 22.1 Å². The van der Waals surface area contributed by atoms with Crippen LogP contribution in [0, 0.1) is 0 Å².